The van der Waals surface area contributed by atoms with Crippen LogP contribution in [0.2, 0.25) is 5.02 Å². The number of carbonyl (C=O) groups excluding carboxylic acids is 2. The SMILES string of the molecule is Cc1nn(Cc2ccccc2Cl)c(C)c1C(=O)OCC(=O)NC[C@@H]1CCCO1. The molecule has 2 heterocycles. The van der Waals surface area contributed by atoms with E-state index < -0.39 is 5.97 Å². The second-order valence-corrected chi connectivity index (χ2v) is 7.22. The fourth-order valence-electron chi connectivity index (χ4n) is 3.22. The number of nitrogens with zero attached hydrogens (tertiary/aromatic N) is 2. The summed E-state index contributed by atoms with van der Waals surface area (Å²) < 4.78 is 12.3. The minimum absolute atomic E-state index is 0.0483. The van der Waals surface area contributed by atoms with Crippen LogP contribution in [0.25, 0.3) is 0 Å². The van der Waals surface area contributed by atoms with Crippen LogP contribution in [-0.4, -0.2) is 47.5 Å². The topological polar surface area (TPSA) is 82.5 Å². The monoisotopic (exact) mass is 405 g/mol. The average Bonchev–Trinajstić information content (AvgIpc) is 3.28. The zero-order valence-electron chi connectivity index (χ0n) is 16.0. The fraction of sp³-hybridized carbons (Fsp3) is 0.450. The number of nitrogens with one attached hydrogen (secondary N) is 1. The molecule has 0 aliphatic carbocycles. The van der Waals surface area contributed by atoms with Gasteiger partial charge >= 0.3 is 5.97 Å². The van der Waals surface area contributed by atoms with Crippen LogP contribution >= 0.6 is 11.6 Å². The highest BCUT2D eigenvalue weighted by Gasteiger charge is 2.22. The maximum Gasteiger partial charge on any atom is 0.342 e. The zero-order valence-corrected chi connectivity index (χ0v) is 16.8. The minimum Gasteiger partial charge on any atom is -0.452 e. The molecule has 1 saturated heterocycles. The highest BCUT2D eigenvalue weighted by Crippen LogP contribution is 2.20. The number of halogens is 1. The lowest BCUT2D eigenvalue weighted by Crippen LogP contribution is -2.34. The van der Waals surface area contributed by atoms with Gasteiger partial charge in [-0.15, -0.1) is 0 Å². The van der Waals surface area contributed by atoms with E-state index in [1.54, 1.807) is 18.5 Å². The first kappa shape index (κ1) is 20.4. The van der Waals surface area contributed by atoms with Crippen molar-refractivity contribution >= 4 is 23.5 Å². The van der Waals surface area contributed by atoms with E-state index in [2.05, 4.69) is 10.4 Å². The largest absolute Gasteiger partial charge is 0.452 e. The first-order chi connectivity index (χ1) is 13.5. The molecule has 1 amide bonds. The third-order valence-corrected chi connectivity index (χ3v) is 5.12. The lowest BCUT2D eigenvalue weighted by molar-refractivity contribution is -0.124. The highest BCUT2D eigenvalue weighted by atomic mass is 35.5. The lowest BCUT2D eigenvalue weighted by Gasteiger charge is -2.11. The molecule has 0 unspecified atom stereocenters. The van der Waals surface area contributed by atoms with Crippen LogP contribution in [0, 0.1) is 13.8 Å². The van der Waals surface area contributed by atoms with Gasteiger partial charge in [0, 0.05) is 18.2 Å². The Hall–Kier alpha value is -2.38. The van der Waals surface area contributed by atoms with E-state index in [9.17, 15) is 9.59 Å². The number of rotatable bonds is 7. The van der Waals surface area contributed by atoms with Crippen LogP contribution in [0.5, 0.6) is 0 Å². The van der Waals surface area contributed by atoms with Gasteiger partial charge in [0.2, 0.25) is 0 Å². The third kappa shape index (κ3) is 4.91. The van der Waals surface area contributed by atoms with Gasteiger partial charge in [-0.2, -0.15) is 5.10 Å². The molecular formula is C20H24ClN3O4. The van der Waals surface area contributed by atoms with E-state index in [1.165, 1.54) is 0 Å². The molecule has 1 aliphatic heterocycles. The summed E-state index contributed by atoms with van der Waals surface area (Å²) in [5, 5.41) is 7.79. The number of esters is 1. The van der Waals surface area contributed by atoms with Crippen molar-refractivity contribution in [1.82, 2.24) is 15.1 Å². The van der Waals surface area contributed by atoms with Crippen molar-refractivity contribution in [2.45, 2.75) is 39.3 Å². The molecule has 1 aromatic carbocycles. The Labute approximate surface area is 169 Å². The predicted molar refractivity (Wildman–Crippen MR) is 105 cm³/mol. The molecule has 0 spiro atoms. The quantitative estimate of drug-likeness (QED) is 0.716. The number of aromatic nitrogens is 2. The van der Waals surface area contributed by atoms with Crippen LogP contribution in [0.1, 0.15) is 40.2 Å². The maximum absolute atomic E-state index is 12.5. The minimum atomic E-state index is -0.562. The van der Waals surface area contributed by atoms with Crippen molar-refractivity contribution in [2.24, 2.45) is 0 Å². The van der Waals surface area contributed by atoms with E-state index in [-0.39, 0.29) is 18.6 Å². The zero-order chi connectivity index (χ0) is 20.1. The Morgan fingerprint density at radius 3 is 2.86 bits per heavy atom. The number of hydrogen-bond donors (Lipinski definition) is 1. The van der Waals surface area contributed by atoms with Crippen molar-refractivity contribution in [3.05, 3.63) is 51.8 Å². The van der Waals surface area contributed by atoms with Gasteiger partial charge in [-0.05, 0) is 38.3 Å². The fourth-order valence-corrected chi connectivity index (χ4v) is 3.42. The summed E-state index contributed by atoms with van der Waals surface area (Å²) in [5.41, 5.74) is 2.50. The van der Waals surface area contributed by atoms with Gasteiger partial charge in [0.05, 0.1) is 24.0 Å². The van der Waals surface area contributed by atoms with E-state index in [4.69, 9.17) is 21.1 Å². The third-order valence-electron chi connectivity index (χ3n) is 4.75. The maximum atomic E-state index is 12.5. The second kappa shape index (κ2) is 9.21. The Balaban J connectivity index is 1.58. The molecule has 1 aromatic heterocycles. The van der Waals surface area contributed by atoms with Crippen LogP contribution in [0.3, 0.4) is 0 Å². The summed E-state index contributed by atoms with van der Waals surface area (Å²) in [6.07, 6.45) is 1.99. The summed E-state index contributed by atoms with van der Waals surface area (Å²) in [5.74, 6) is -0.907. The summed E-state index contributed by atoms with van der Waals surface area (Å²) in [7, 11) is 0. The molecule has 1 N–H and O–H groups in total. The molecule has 28 heavy (non-hydrogen) atoms. The molecule has 0 radical (unpaired) electrons. The molecule has 8 heteroatoms. The van der Waals surface area contributed by atoms with Crippen molar-refractivity contribution in [3.8, 4) is 0 Å². The van der Waals surface area contributed by atoms with Gasteiger partial charge in [0.1, 0.15) is 5.56 Å². The number of amides is 1. The molecule has 3 rings (SSSR count). The Kier molecular flexibility index (Phi) is 6.70. The molecule has 150 valence electrons. The summed E-state index contributed by atoms with van der Waals surface area (Å²) >= 11 is 6.21. The standard InChI is InChI=1S/C20H24ClN3O4/c1-13-19(14(2)24(23-13)11-15-6-3-4-8-17(15)21)20(26)28-12-18(25)22-10-16-7-5-9-27-16/h3-4,6,8,16H,5,7,9-12H2,1-2H3,(H,22,25)/t16-/m0/s1. The van der Waals surface area contributed by atoms with Crippen LogP contribution in [-0.2, 0) is 20.8 Å². The number of benzene rings is 1. The smallest absolute Gasteiger partial charge is 0.342 e. The Morgan fingerprint density at radius 1 is 1.36 bits per heavy atom. The molecule has 0 saturated carbocycles. The van der Waals surface area contributed by atoms with Crippen molar-refractivity contribution in [2.75, 3.05) is 19.8 Å². The van der Waals surface area contributed by atoms with Crippen molar-refractivity contribution < 1.29 is 19.1 Å². The van der Waals surface area contributed by atoms with Gasteiger partial charge in [0.15, 0.2) is 6.61 Å². The molecule has 0 bridgehead atoms. The van der Waals surface area contributed by atoms with Crippen LogP contribution in [0.15, 0.2) is 24.3 Å². The van der Waals surface area contributed by atoms with Gasteiger partial charge in [-0.3, -0.25) is 9.48 Å². The molecule has 1 aliphatic rings. The number of carbonyl (C=O) groups is 2. The Bertz CT molecular complexity index is 859. The predicted octanol–water partition coefficient (Wildman–Crippen LogP) is 2.65. The normalized spacial score (nSPS) is 16.2. The van der Waals surface area contributed by atoms with E-state index in [0.29, 0.717) is 35.1 Å². The molecule has 7 nitrogen and oxygen atoms in total. The van der Waals surface area contributed by atoms with Gasteiger partial charge in [-0.1, -0.05) is 29.8 Å². The van der Waals surface area contributed by atoms with Crippen LogP contribution in [0.4, 0.5) is 0 Å². The van der Waals surface area contributed by atoms with Gasteiger partial charge in [-0.25, -0.2) is 4.79 Å². The molecule has 1 atom stereocenters. The number of ether oxygens (including phenoxy) is 2. The number of hydrogen-bond acceptors (Lipinski definition) is 5. The summed E-state index contributed by atoms with van der Waals surface area (Å²) in [4.78, 5) is 24.4. The Morgan fingerprint density at radius 2 is 2.14 bits per heavy atom. The van der Waals surface area contributed by atoms with Crippen molar-refractivity contribution in [3.63, 3.8) is 0 Å². The van der Waals surface area contributed by atoms with Crippen LogP contribution < -0.4 is 5.32 Å². The summed E-state index contributed by atoms with van der Waals surface area (Å²) in [6.45, 7) is 4.81. The lowest BCUT2D eigenvalue weighted by atomic mass is 10.2. The van der Waals surface area contributed by atoms with E-state index in [1.807, 2.05) is 24.3 Å². The molecule has 2 aromatic rings. The van der Waals surface area contributed by atoms with E-state index in [0.717, 1.165) is 25.0 Å². The number of aryl methyl sites for hydroxylation is 1. The van der Waals surface area contributed by atoms with E-state index >= 15 is 0 Å². The average molecular weight is 406 g/mol. The first-order valence-electron chi connectivity index (χ1n) is 9.28. The molecular weight excluding hydrogens is 382 g/mol. The second-order valence-electron chi connectivity index (χ2n) is 6.81. The van der Waals surface area contributed by atoms with Crippen molar-refractivity contribution in [1.29, 1.82) is 0 Å². The molecule has 1 fully saturated rings. The summed E-state index contributed by atoms with van der Waals surface area (Å²) in [6, 6.07) is 7.49. The first-order valence-corrected chi connectivity index (χ1v) is 9.66. The van der Waals surface area contributed by atoms with Gasteiger partial charge < -0.3 is 14.8 Å². The highest BCUT2D eigenvalue weighted by molar-refractivity contribution is 6.31. The van der Waals surface area contributed by atoms with Gasteiger partial charge in [0.25, 0.3) is 5.91 Å².